The van der Waals surface area contributed by atoms with Crippen LogP contribution in [0.5, 0.6) is 0 Å². The normalized spacial score (nSPS) is 11.8. The monoisotopic (exact) mass is 371 g/mol. The van der Waals surface area contributed by atoms with E-state index in [-0.39, 0.29) is 25.8 Å². The minimum Gasteiger partial charge on any atom is -0.357 e. The molecule has 8 heteroatoms. The van der Waals surface area contributed by atoms with Gasteiger partial charge in [0.2, 0.25) is 15.3 Å². The lowest BCUT2D eigenvalue weighted by Crippen LogP contribution is -2.16. The van der Waals surface area contributed by atoms with Crippen LogP contribution in [0.1, 0.15) is 0 Å². The fourth-order valence-electron chi connectivity index (χ4n) is 2.21. The molecule has 0 aliphatic heterocycles. The molecule has 0 aliphatic carbocycles. The van der Waals surface area contributed by atoms with Crippen LogP contribution < -0.4 is 5.43 Å². The molecule has 0 bridgehead atoms. The van der Waals surface area contributed by atoms with Crippen LogP contribution in [0.25, 0.3) is 10.9 Å². The maximum atomic E-state index is 13.7. The Hall–Kier alpha value is -1.89. The molecule has 0 aliphatic rings. The molecule has 0 saturated heterocycles. The van der Waals surface area contributed by atoms with Crippen molar-refractivity contribution in [2.75, 3.05) is 0 Å². The van der Waals surface area contributed by atoms with E-state index < -0.39 is 26.0 Å². The number of fused-ring (bicyclic) bond motifs is 1. The Bertz CT molecular complexity index is 1070. The van der Waals surface area contributed by atoms with Gasteiger partial charge in [0, 0.05) is 21.6 Å². The third kappa shape index (κ3) is 2.73. The molecule has 3 aromatic rings. The Morgan fingerprint density at radius 2 is 1.70 bits per heavy atom. The second-order valence-electron chi connectivity index (χ2n) is 4.75. The summed E-state index contributed by atoms with van der Waals surface area (Å²) in [6.45, 7) is 0. The molecule has 0 fully saturated rings. The van der Waals surface area contributed by atoms with E-state index in [1.165, 1.54) is 36.4 Å². The summed E-state index contributed by atoms with van der Waals surface area (Å²) in [7, 11) is -4.15. The summed E-state index contributed by atoms with van der Waals surface area (Å²) in [5.41, 5.74) is -0.852. The zero-order valence-electron chi connectivity index (χ0n) is 11.3. The van der Waals surface area contributed by atoms with Crippen molar-refractivity contribution >= 4 is 43.9 Å². The summed E-state index contributed by atoms with van der Waals surface area (Å²) in [6, 6.07) is 7.61. The van der Waals surface area contributed by atoms with Crippen molar-refractivity contribution in [1.29, 1.82) is 0 Å². The van der Waals surface area contributed by atoms with E-state index in [1.54, 1.807) is 0 Å². The topological polar surface area (TPSA) is 67.0 Å². The largest absolute Gasteiger partial charge is 0.357 e. The third-order valence-corrected chi connectivity index (χ3v) is 5.44. The summed E-state index contributed by atoms with van der Waals surface area (Å²) in [4.78, 5) is 14.2. The number of rotatable bonds is 2. The molecule has 0 radical (unpaired) electrons. The van der Waals surface area contributed by atoms with Crippen LogP contribution in [0.15, 0.2) is 57.2 Å². The predicted molar refractivity (Wildman–Crippen MR) is 86.4 cm³/mol. The molecule has 118 valence electrons. The molecule has 2 aromatic carbocycles. The Morgan fingerprint density at radius 1 is 1.04 bits per heavy atom. The second-order valence-corrected chi connectivity index (χ2v) is 7.54. The highest BCUT2D eigenvalue weighted by molar-refractivity contribution is 7.91. The SMILES string of the molecule is O=c1c(S(=O)(=O)c2cc(Cl)cc(Cl)c2)c[nH]c2c(F)cccc12. The van der Waals surface area contributed by atoms with Crippen LogP contribution in [0.3, 0.4) is 0 Å². The van der Waals surface area contributed by atoms with Crippen LogP contribution in [-0.2, 0) is 9.84 Å². The molecule has 0 atom stereocenters. The highest BCUT2D eigenvalue weighted by Gasteiger charge is 2.23. The van der Waals surface area contributed by atoms with E-state index in [4.69, 9.17) is 23.2 Å². The molecule has 4 nitrogen and oxygen atoms in total. The van der Waals surface area contributed by atoms with E-state index in [0.717, 1.165) is 6.20 Å². The summed E-state index contributed by atoms with van der Waals surface area (Å²) >= 11 is 11.6. The van der Waals surface area contributed by atoms with Crippen molar-refractivity contribution in [3.8, 4) is 0 Å². The van der Waals surface area contributed by atoms with Crippen LogP contribution in [0.4, 0.5) is 4.39 Å². The van der Waals surface area contributed by atoms with Crippen LogP contribution in [0.2, 0.25) is 10.0 Å². The molecule has 1 N–H and O–H groups in total. The quantitative estimate of drug-likeness (QED) is 0.744. The first-order valence-electron chi connectivity index (χ1n) is 6.32. The van der Waals surface area contributed by atoms with E-state index in [1.807, 2.05) is 0 Å². The molecule has 0 saturated carbocycles. The first-order chi connectivity index (χ1) is 10.8. The first-order valence-corrected chi connectivity index (χ1v) is 8.56. The lowest BCUT2D eigenvalue weighted by molar-refractivity contribution is 0.595. The van der Waals surface area contributed by atoms with Gasteiger partial charge in [0.15, 0.2) is 0 Å². The third-order valence-electron chi connectivity index (χ3n) is 3.27. The van der Waals surface area contributed by atoms with Gasteiger partial charge in [0.1, 0.15) is 10.7 Å². The van der Waals surface area contributed by atoms with Crippen LogP contribution in [0, 0.1) is 5.82 Å². The lowest BCUT2D eigenvalue weighted by Gasteiger charge is -2.07. The number of halogens is 3. The van der Waals surface area contributed by atoms with Crippen molar-refractivity contribution in [1.82, 2.24) is 4.98 Å². The molecular formula is C15H8Cl2FNO3S. The maximum Gasteiger partial charge on any atom is 0.212 e. The highest BCUT2D eigenvalue weighted by atomic mass is 35.5. The van der Waals surface area contributed by atoms with Crippen molar-refractivity contribution in [3.63, 3.8) is 0 Å². The molecule has 23 heavy (non-hydrogen) atoms. The van der Waals surface area contributed by atoms with Gasteiger partial charge < -0.3 is 4.98 Å². The van der Waals surface area contributed by atoms with E-state index in [9.17, 15) is 17.6 Å². The Kier molecular flexibility index (Phi) is 3.91. The second kappa shape index (κ2) is 5.63. The smallest absolute Gasteiger partial charge is 0.212 e. The Labute approximate surface area is 140 Å². The number of hydrogen-bond acceptors (Lipinski definition) is 3. The standard InChI is InChI=1S/C15H8Cl2FNO3S/c16-8-4-9(17)6-10(5-8)23(21,22)13-7-19-14-11(15(13)20)2-1-3-12(14)18/h1-7H,(H,19,20). The minimum atomic E-state index is -4.15. The van der Waals surface area contributed by atoms with Gasteiger partial charge >= 0.3 is 0 Å². The fourth-order valence-corrected chi connectivity index (χ4v) is 4.25. The maximum absolute atomic E-state index is 13.7. The number of sulfone groups is 1. The number of pyridine rings is 1. The molecule has 0 amide bonds. The van der Waals surface area contributed by atoms with Gasteiger partial charge in [-0.25, -0.2) is 12.8 Å². The van der Waals surface area contributed by atoms with Gasteiger partial charge in [-0.2, -0.15) is 0 Å². The minimum absolute atomic E-state index is 0.0550. The lowest BCUT2D eigenvalue weighted by atomic mass is 10.2. The van der Waals surface area contributed by atoms with Crippen molar-refractivity contribution in [2.24, 2.45) is 0 Å². The van der Waals surface area contributed by atoms with Gasteiger partial charge in [0.05, 0.1) is 10.4 Å². The molecular weight excluding hydrogens is 364 g/mol. The zero-order chi connectivity index (χ0) is 16.8. The fraction of sp³-hybridized carbons (Fsp3) is 0. The number of benzene rings is 2. The zero-order valence-corrected chi connectivity index (χ0v) is 13.6. The van der Waals surface area contributed by atoms with Gasteiger partial charge in [-0.1, -0.05) is 29.3 Å². The predicted octanol–water partition coefficient (Wildman–Crippen LogP) is 3.81. The Balaban J connectivity index is 2.31. The molecule has 1 heterocycles. The average molecular weight is 372 g/mol. The summed E-state index contributed by atoms with van der Waals surface area (Å²) < 4.78 is 39.0. The summed E-state index contributed by atoms with van der Waals surface area (Å²) in [5.74, 6) is -0.644. The molecule has 0 spiro atoms. The molecule has 3 rings (SSSR count). The number of nitrogens with one attached hydrogen (secondary N) is 1. The van der Waals surface area contributed by atoms with Gasteiger partial charge in [0.25, 0.3) is 0 Å². The first kappa shape index (κ1) is 16.0. The van der Waals surface area contributed by atoms with Gasteiger partial charge in [-0.15, -0.1) is 0 Å². The van der Waals surface area contributed by atoms with Crippen molar-refractivity contribution < 1.29 is 12.8 Å². The van der Waals surface area contributed by atoms with E-state index >= 15 is 0 Å². The molecule has 1 aromatic heterocycles. The number of hydrogen-bond donors (Lipinski definition) is 1. The highest BCUT2D eigenvalue weighted by Crippen LogP contribution is 2.26. The Morgan fingerprint density at radius 3 is 2.35 bits per heavy atom. The number of para-hydroxylation sites is 1. The number of aromatic nitrogens is 1. The van der Waals surface area contributed by atoms with E-state index in [2.05, 4.69) is 4.98 Å². The number of aromatic amines is 1. The van der Waals surface area contributed by atoms with Crippen molar-refractivity contribution in [3.05, 3.63) is 68.7 Å². The van der Waals surface area contributed by atoms with E-state index in [0.29, 0.717) is 0 Å². The number of H-pyrrole nitrogens is 1. The van der Waals surface area contributed by atoms with Gasteiger partial charge in [-0.3, -0.25) is 4.79 Å². The van der Waals surface area contributed by atoms with Crippen molar-refractivity contribution in [2.45, 2.75) is 9.79 Å². The average Bonchev–Trinajstić information content (AvgIpc) is 2.47. The van der Waals surface area contributed by atoms with Gasteiger partial charge in [-0.05, 0) is 30.3 Å². The molecule has 0 unspecified atom stereocenters. The summed E-state index contributed by atoms with van der Waals surface area (Å²) in [6.07, 6.45) is 0.970. The summed E-state index contributed by atoms with van der Waals surface area (Å²) in [5, 5.41) is 0.192. The van der Waals surface area contributed by atoms with Crippen LogP contribution >= 0.6 is 23.2 Å². The van der Waals surface area contributed by atoms with Crippen LogP contribution in [-0.4, -0.2) is 13.4 Å².